The minimum atomic E-state index is -0.678. The van der Waals surface area contributed by atoms with Crippen LogP contribution in [0.4, 0.5) is 0 Å². The molecule has 0 bridgehead atoms. The Morgan fingerprint density at radius 3 is 2.91 bits per heavy atom. The van der Waals surface area contributed by atoms with Gasteiger partial charge in [-0.15, -0.1) is 5.10 Å². The summed E-state index contributed by atoms with van der Waals surface area (Å²) in [4.78, 5) is 51.0. The van der Waals surface area contributed by atoms with Gasteiger partial charge in [0.05, 0.1) is 24.0 Å². The predicted octanol–water partition coefficient (Wildman–Crippen LogP) is 0.309. The number of amides is 4. The molecule has 0 radical (unpaired) electrons. The molecule has 1 aromatic heterocycles. The van der Waals surface area contributed by atoms with E-state index in [0.29, 0.717) is 29.5 Å². The van der Waals surface area contributed by atoms with Crippen LogP contribution in [0.25, 0.3) is 5.69 Å². The van der Waals surface area contributed by atoms with E-state index in [2.05, 4.69) is 20.9 Å². The van der Waals surface area contributed by atoms with Crippen LogP contribution < -0.4 is 10.6 Å². The number of fused-ring (bicyclic) bond motifs is 2. The Morgan fingerprint density at radius 1 is 1.26 bits per heavy atom. The number of piperidine rings is 1. The highest BCUT2D eigenvalue weighted by molar-refractivity contribution is 6.05. The Hall–Kier alpha value is -3.60. The summed E-state index contributed by atoms with van der Waals surface area (Å²) in [5, 5.41) is 23.5. The number of carbonyl (C=O) groups excluding carboxylic acids is 4. The highest BCUT2D eigenvalue weighted by atomic mass is 16.3. The fraction of sp³-hybridized carbons (Fsp3) is 0.500. The minimum absolute atomic E-state index is 0.0867. The van der Waals surface area contributed by atoms with Gasteiger partial charge >= 0.3 is 0 Å². The number of aromatic nitrogens is 3. The molecule has 4 atom stereocenters. The van der Waals surface area contributed by atoms with Crippen LogP contribution in [0.2, 0.25) is 0 Å². The fourth-order valence-corrected chi connectivity index (χ4v) is 5.99. The molecule has 3 fully saturated rings. The lowest BCUT2D eigenvalue weighted by Crippen LogP contribution is -2.54. The monoisotopic (exact) mass is 478 g/mol. The van der Waals surface area contributed by atoms with Crippen LogP contribution in [-0.4, -0.2) is 66.8 Å². The first-order valence-electron chi connectivity index (χ1n) is 12.0. The fourth-order valence-electron chi connectivity index (χ4n) is 5.99. The lowest BCUT2D eigenvalue weighted by molar-refractivity contribution is -0.136. The summed E-state index contributed by atoms with van der Waals surface area (Å²) in [6, 6.07) is 4.51. The van der Waals surface area contributed by atoms with Crippen molar-refractivity contribution < 1.29 is 24.3 Å². The van der Waals surface area contributed by atoms with Crippen molar-refractivity contribution in [2.24, 2.45) is 11.8 Å². The molecule has 3 N–H and O–H groups in total. The van der Waals surface area contributed by atoms with Crippen molar-refractivity contribution in [2.75, 3.05) is 6.61 Å². The summed E-state index contributed by atoms with van der Waals surface area (Å²) in [6.45, 7) is 0.161. The number of rotatable bonds is 5. The van der Waals surface area contributed by atoms with E-state index in [1.54, 1.807) is 18.2 Å². The molecule has 11 heteroatoms. The summed E-state index contributed by atoms with van der Waals surface area (Å²) in [7, 11) is 0. The van der Waals surface area contributed by atoms with Gasteiger partial charge in [0.25, 0.3) is 11.8 Å². The van der Waals surface area contributed by atoms with Crippen molar-refractivity contribution in [2.45, 2.75) is 56.7 Å². The first kappa shape index (κ1) is 21.9. The van der Waals surface area contributed by atoms with E-state index >= 15 is 0 Å². The molecule has 4 unspecified atom stereocenters. The van der Waals surface area contributed by atoms with Crippen LogP contribution in [0.3, 0.4) is 0 Å². The number of nitrogens with one attached hydrogen (secondary N) is 2. The standard InChI is InChI=1S/C24H26N6O5/c31-12-24(7-1-2-13-9-17(13)24)26-21(33)18-11-30(28-27-18)15-3-4-16-14(8-15)10-29(23(16)35)19-5-6-20(32)25-22(19)34/h3-4,8,11,13,17,19,31H,1-2,5-7,9-10,12H2,(H,26,33)(H,25,32,34). The Bertz CT molecular complexity index is 1260. The SMILES string of the molecule is O=C1CCC(N2Cc3cc(-n4cc(C(=O)NC5(CO)CCCC6CC65)nn4)ccc3C2=O)C(=O)N1. The van der Waals surface area contributed by atoms with Gasteiger partial charge in [-0.25, -0.2) is 4.68 Å². The zero-order valence-electron chi connectivity index (χ0n) is 19.1. The molecule has 6 rings (SSSR count). The van der Waals surface area contributed by atoms with Gasteiger partial charge in [-0.3, -0.25) is 24.5 Å². The van der Waals surface area contributed by atoms with Crippen molar-refractivity contribution in [1.82, 2.24) is 30.5 Å². The molecular weight excluding hydrogens is 452 g/mol. The molecule has 2 aliphatic heterocycles. The Kier molecular flexibility index (Phi) is 4.99. The van der Waals surface area contributed by atoms with E-state index in [9.17, 15) is 24.3 Å². The first-order valence-corrected chi connectivity index (χ1v) is 12.0. The van der Waals surface area contributed by atoms with Crippen molar-refractivity contribution in [3.05, 3.63) is 41.2 Å². The normalized spacial score (nSPS) is 29.5. The number of hydrogen-bond acceptors (Lipinski definition) is 7. The third kappa shape index (κ3) is 3.61. The van der Waals surface area contributed by atoms with Crippen molar-refractivity contribution in [3.63, 3.8) is 0 Å². The van der Waals surface area contributed by atoms with Crippen molar-refractivity contribution in [1.29, 1.82) is 0 Å². The third-order valence-corrected chi connectivity index (χ3v) is 7.97. The number of benzene rings is 1. The second kappa shape index (κ2) is 7.98. The summed E-state index contributed by atoms with van der Waals surface area (Å²) < 4.78 is 1.47. The number of hydrogen-bond donors (Lipinski definition) is 3. The molecule has 4 amide bonds. The van der Waals surface area contributed by atoms with E-state index < -0.39 is 17.5 Å². The number of carbonyl (C=O) groups is 4. The average molecular weight is 479 g/mol. The smallest absolute Gasteiger partial charge is 0.274 e. The lowest BCUT2D eigenvalue weighted by Gasteiger charge is -2.36. The van der Waals surface area contributed by atoms with Gasteiger partial charge < -0.3 is 15.3 Å². The molecule has 4 aliphatic rings. The highest BCUT2D eigenvalue weighted by Gasteiger charge is 2.55. The van der Waals surface area contributed by atoms with Crippen LogP contribution in [0.5, 0.6) is 0 Å². The van der Waals surface area contributed by atoms with Crippen molar-refractivity contribution in [3.8, 4) is 5.69 Å². The summed E-state index contributed by atoms with van der Waals surface area (Å²) in [6.07, 6.45) is 5.97. The van der Waals surface area contributed by atoms with Crippen LogP contribution in [0.15, 0.2) is 24.4 Å². The number of nitrogens with zero attached hydrogens (tertiary/aromatic N) is 4. The average Bonchev–Trinajstić information content (AvgIpc) is 3.37. The molecule has 182 valence electrons. The van der Waals surface area contributed by atoms with E-state index in [1.807, 2.05) is 0 Å². The largest absolute Gasteiger partial charge is 0.394 e. The van der Waals surface area contributed by atoms with Gasteiger partial charge in [-0.2, -0.15) is 0 Å². The van der Waals surface area contributed by atoms with Gasteiger partial charge in [-0.05, 0) is 61.3 Å². The van der Waals surface area contributed by atoms with Gasteiger partial charge in [0, 0.05) is 18.5 Å². The van der Waals surface area contributed by atoms with Crippen LogP contribution in [-0.2, 0) is 16.1 Å². The van der Waals surface area contributed by atoms with Crippen LogP contribution >= 0.6 is 0 Å². The molecule has 3 heterocycles. The lowest BCUT2D eigenvalue weighted by atomic mass is 9.81. The maximum atomic E-state index is 12.9. The van der Waals surface area contributed by atoms with Gasteiger partial charge in [0.15, 0.2) is 5.69 Å². The predicted molar refractivity (Wildman–Crippen MR) is 120 cm³/mol. The molecule has 0 spiro atoms. The van der Waals surface area contributed by atoms with E-state index in [1.165, 1.54) is 15.8 Å². The molecule has 11 nitrogen and oxygen atoms in total. The molecule has 2 saturated carbocycles. The second-order valence-electron chi connectivity index (χ2n) is 10.1. The summed E-state index contributed by atoms with van der Waals surface area (Å²) in [5.74, 6) is -0.486. The number of aliphatic hydroxyl groups is 1. The molecule has 2 aliphatic carbocycles. The summed E-state index contributed by atoms with van der Waals surface area (Å²) >= 11 is 0. The zero-order valence-corrected chi connectivity index (χ0v) is 19.1. The van der Waals surface area contributed by atoms with E-state index in [-0.39, 0.29) is 43.0 Å². The van der Waals surface area contributed by atoms with Crippen LogP contribution in [0.1, 0.15) is 64.9 Å². The van der Waals surface area contributed by atoms with Gasteiger partial charge in [0.2, 0.25) is 11.8 Å². The Labute approximate surface area is 200 Å². The molecular formula is C24H26N6O5. The Morgan fingerprint density at radius 2 is 2.11 bits per heavy atom. The highest BCUT2D eigenvalue weighted by Crippen LogP contribution is 2.54. The Balaban J connectivity index is 1.19. The van der Waals surface area contributed by atoms with E-state index in [4.69, 9.17) is 0 Å². The summed E-state index contributed by atoms with van der Waals surface area (Å²) in [5.41, 5.74) is 1.43. The van der Waals surface area contributed by atoms with Crippen LogP contribution in [0, 0.1) is 11.8 Å². The first-order chi connectivity index (χ1) is 16.9. The molecule has 35 heavy (non-hydrogen) atoms. The zero-order chi connectivity index (χ0) is 24.3. The molecule has 1 saturated heterocycles. The minimum Gasteiger partial charge on any atom is -0.394 e. The molecule has 1 aromatic carbocycles. The van der Waals surface area contributed by atoms with Crippen molar-refractivity contribution >= 4 is 23.6 Å². The third-order valence-electron chi connectivity index (χ3n) is 7.97. The number of imide groups is 1. The van der Waals surface area contributed by atoms with Gasteiger partial charge in [0.1, 0.15) is 6.04 Å². The second-order valence-corrected chi connectivity index (χ2v) is 10.1. The number of aliphatic hydroxyl groups excluding tert-OH is 1. The quantitative estimate of drug-likeness (QED) is 0.524. The van der Waals surface area contributed by atoms with Gasteiger partial charge in [-0.1, -0.05) is 11.6 Å². The van der Waals surface area contributed by atoms with E-state index in [0.717, 1.165) is 31.2 Å². The topological polar surface area (TPSA) is 147 Å². The molecule has 2 aromatic rings. The maximum absolute atomic E-state index is 12.9. The maximum Gasteiger partial charge on any atom is 0.274 e.